The number of benzene rings is 3. The smallest absolute Gasteiger partial charge is 0.251 e. The standard InChI is InChI=1S/C25H21N3O4/c29-18-7-1-15(2-8-18)13-21-25(32)28-14-22(16-3-9-19(30)10-4-16)26-23(24(28)27-21)17-5-11-20(31)12-6-17/h1-12,21,27,29-31H,13-14H2. The largest absolute Gasteiger partial charge is 0.508 e. The summed E-state index contributed by atoms with van der Waals surface area (Å²) in [6.07, 6.45) is 0.469. The molecule has 160 valence electrons. The number of amides is 1. The Morgan fingerprint density at radius 1 is 0.812 bits per heavy atom. The summed E-state index contributed by atoms with van der Waals surface area (Å²) in [5.41, 5.74) is 3.83. The molecule has 0 aromatic heterocycles. The zero-order chi connectivity index (χ0) is 22.2. The van der Waals surface area contributed by atoms with Gasteiger partial charge in [0, 0.05) is 12.0 Å². The lowest BCUT2D eigenvalue weighted by molar-refractivity contribution is -0.127. The van der Waals surface area contributed by atoms with Gasteiger partial charge in [0.05, 0.1) is 12.3 Å². The van der Waals surface area contributed by atoms with Gasteiger partial charge in [0.2, 0.25) is 0 Å². The highest BCUT2D eigenvalue weighted by Gasteiger charge is 2.40. The van der Waals surface area contributed by atoms with Gasteiger partial charge < -0.3 is 20.6 Å². The summed E-state index contributed by atoms with van der Waals surface area (Å²) in [5, 5.41) is 32.2. The van der Waals surface area contributed by atoms with Crippen LogP contribution in [0, 0.1) is 0 Å². The maximum Gasteiger partial charge on any atom is 0.251 e. The Bertz CT molecular complexity index is 1230. The van der Waals surface area contributed by atoms with Gasteiger partial charge in [-0.25, -0.2) is 4.99 Å². The van der Waals surface area contributed by atoms with Gasteiger partial charge in [-0.3, -0.25) is 9.69 Å². The van der Waals surface area contributed by atoms with E-state index in [1.807, 2.05) is 0 Å². The number of phenolic OH excluding ortho intramolecular Hbond substituents is 3. The summed E-state index contributed by atoms with van der Waals surface area (Å²) in [6, 6.07) is 19.8. The molecule has 0 spiro atoms. The van der Waals surface area contributed by atoms with Crippen molar-refractivity contribution in [3.8, 4) is 17.2 Å². The van der Waals surface area contributed by atoms with Crippen LogP contribution in [0.25, 0.3) is 5.70 Å². The topological polar surface area (TPSA) is 105 Å². The van der Waals surface area contributed by atoms with Gasteiger partial charge in [0.15, 0.2) is 0 Å². The van der Waals surface area contributed by atoms with Crippen LogP contribution in [-0.4, -0.2) is 44.4 Å². The van der Waals surface area contributed by atoms with E-state index in [-0.39, 0.29) is 23.2 Å². The highest BCUT2D eigenvalue weighted by molar-refractivity contribution is 6.09. The van der Waals surface area contributed by atoms with Gasteiger partial charge >= 0.3 is 0 Å². The fourth-order valence-corrected chi connectivity index (χ4v) is 3.97. The van der Waals surface area contributed by atoms with Crippen LogP contribution in [0.1, 0.15) is 16.7 Å². The van der Waals surface area contributed by atoms with Crippen molar-refractivity contribution in [3.63, 3.8) is 0 Å². The fraction of sp³-hybridized carbons (Fsp3) is 0.120. The maximum atomic E-state index is 13.3. The Labute approximate surface area is 184 Å². The van der Waals surface area contributed by atoms with Gasteiger partial charge in [-0.15, -0.1) is 0 Å². The summed E-state index contributed by atoms with van der Waals surface area (Å²) in [4.78, 5) is 19.9. The predicted octanol–water partition coefficient (Wildman–Crippen LogP) is 2.98. The number of aromatic hydroxyl groups is 3. The van der Waals surface area contributed by atoms with Crippen LogP contribution >= 0.6 is 0 Å². The third-order valence-electron chi connectivity index (χ3n) is 5.64. The molecule has 1 amide bonds. The van der Waals surface area contributed by atoms with Crippen molar-refractivity contribution in [1.29, 1.82) is 0 Å². The number of rotatable bonds is 4. The number of nitrogens with one attached hydrogen (secondary N) is 1. The number of carbonyl (C=O) groups excluding carboxylic acids is 1. The molecule has 0 saturated carbocycles. The van der Waals surface area contributed by atoms with Gasteiger partial charge in [-0.05, 0) is 71.8 Å². The molecule has 3 aromatic rings. The molecule has 1 unspecified atom stereocenters. The van der Waals surface area contributed by atoms with Gasteiger partial charge in [-0.2, -0.15) is 0 Å². The van der Waals surface area contributed by atoms with Gasteiger partial charge in [-0.1, -0.05) is 12.1 Å². The van der Waals surface area contributed by atoms with Crippen molar-refractivity contribution >= 4 is 17.3 Å². The molecule has 1 fully saturated rings. The van der Waals surface area contributed by atoms with E-state index in [4.69, 9.17) is 4.99 Å². The van der Waals surface area contributed by atoms with Crippen LogP contribution in [0.3, 0.4) is 0 Å². The van der Waals surface area contributed by atoms with E-state index in [1.54, 1.807) is 77.7 Å². The molecule has 32 heavy (non-hydrogen) atoms. The molecule has 2 aliphatic rings. The second-order valence-electron chi connectivity index (χ2n) is 7.84. The molecular weight excluding hydrogens is 406 g/mol. The summed E-state index contributed by atoms with van der Waals surface area (Å²) in [7, 11) is 0. The Morgan fingerprint density at radius 3 is 1.94 bits per heavy atom. The fourth-order valence-electron chi connectivity index (χ4n) is 3.97. The lowest BCUT2D eigenvalue weighted by Gasteiger charge is -2.25. The van der Waals surface area contributed by atoms with Crippen LogP contribution in [0.2, 0.25) is 0 Å². The van der Waals surface area contributed by atoms with E-state index in [2.05, 4.69) is 5.32 Å². The average Bonchev–Trinajstić information content (AvgIpc) is 3.11. The van der Waals surface area contributed by atoms with E-state index in [9.17, 15) is 20.1 Å². The van der Waals surface area contributed by atoms with Crippen molar-refractivity contribution in [2.45, 2.75) is 12.5 Å². The first-order valence-corrected chi connectivity index (χ1v) is 10.2. The second-order valence-corrected chi connectivity index (χ2v) is 7.84. The molecule has 2 aliphatic heterocycles. The molecule has 0 aliphatic carbocycles. The lowest BCUT2D eigenvalue weighted by Crippen LogP contribution is -2.36. The molecule has 7 heteroatoms. The zero-order valence-corrected chi connectivity index (χ0v) is 17.1. The van der Waals surface area contributed by atoms with E-state index in [0.717, 1.165) is 16.7 Å². The molecule has 7 nitrogen and oxygen atoms in total. The number of hydrogen-bond donors (Lipinski definition) is 4. The summed E-state index contributed by atoms with van der Waals surface area (Å²) < 4.78 is 0. The lowest BCUT2D eigenvalue weighted by atomic mass is 10.0. The monoisotopic (exact) mass is 427 g/mol. The van der Waals surface area contributed by atoms with Crippen molar-refractivity contribution in [3.05, 3.63) is 95.3 Å². The number of aliphatic imine (C=N–C) groups is 1. The average molecular weight is 427 g/mol. The Hall–Kier alpha value is -4.26. The highest BCUT2D eigenvalue weighted by atomic mass is 16.3. The van der Waals surface area contributed by atoms with E-state index in [1.165, 1.54) is 0 Å². The van der Waals surface area contributed by atoms with Crippen LogP contribution in [0.15, 0.2) is 83.6 Å². The van der Waals surface area contributed by atoms with Crippen LogP contribution in [-0.2, 0) is 11.2 Å². The van der Waals surface area contributed by atoms with Crippen LogP contribution < -0.4 is 5.32 Å². The minimum absolute atomic E-state index is 0.0597. The third-order valence-corrected chi connectivity index (χ3v) is 5.64. The maximum absolute atomic E-state index is 13.3. The number of phenols is 3. The Kier molecular flexibility index (Phi) is 4.78. The molecule has 0 bridgehead atoms. The van der Waals surface area contributed by atoms with Crippen molar-refractivity contribution < 1.29 is 20.1 Å². The molecule has 2 heterocycles. The molecule has 5 rings (SSSR count). The van der Waals surface area contributed by atoms with E-state index in [0.29, 0.717) is 30.2 Å². The SMILES string of the molecule is O=C1C(Cc2ccc(O)cc2)NC2=C(c3ccc(O)cc3)N=C(c3ccc(O)cc3)CN12. The molecule has 4 N–H and O–H groups in total. The number of fused-ring (bicyclic) bond motifs is 1. The molecule has 0 radical (unpaired) electrons. The second kappa shape index (κ2) is 7.77. The first-order chi connectivity index (χ1) is 15.5. The van der Waals surface area contributed by atoms with Crippen molar-refractivity contribution in [1.82, 2.24) is 10.2 Å². The molecule has 3 aromatic carbocycles. The number of nitrogens with zero attached hydrogens (tertiary/aromatic N) is 2. The molecule has 1 atom stereocenters. The van der Waals surface area contributed by atoms with Crippen LogP contribution in [0.5, 0.6) is 17.2 Å². The zero-order valence-electron chi connectivity index (χ0n) is 17.1. The number of hydrogen-bond acceptors (Lipinski definition) is 6. The summed E-state index contributed by atoms with van der Waals surface area (Å²) >= 11 is 0. The van der Waals surface area contributed by atoms with E-state index >= 15 is 0 Å². The Balaban J connectivity index is 1.53. The van der Waals surface area contributed by atoms with Crippen molar-refractivity contribution in [2.24, 2.45) is 4.99 Å². The predicted molar refractivity (Wildman–Crippen MR) is 120 cm³/mol. The molecule has 1 saturated heterocycles. The minimum Gasteiger partial charge on any atom is -0.508 e. The normalized spacial score (nSPS) is 17.8. The van der Waals surface area contributed by atoms with Crippen LogP contribution in [0.4, 0.5) is 0 Å². The molecular formula is C25H21N3O4. The van der Waals surface area contributed by atoms with Crippen molar-refractivity contribution in [2.75, 3.05) is 6.54 Å². The van der Waals surface area contributed by atoms with E-state index < -0.39 is 6.04 Å². The van der Waals surface area contributed by atoms with Gasteiger partial charge in [0.1, 0.15) is 34.8 Å². The quantitative estimate of drug-likeness (QED) is 0.512. The first-order valence-electron chi connectivity index (χ1n) is 10.2. The van der Waals surface area contributed by atoms with Gasteiger partial charge in [0.25, 0.3) is 5.91 Å². The number of carbonyl (C=O) groups is 1. The summed E-state index contributed by atoms with van der Waals surface area (Å²) in [5.74, 6) is 1.06. The summed E-state index contributed by atoms with van der Waals surface area (Å²) in [6.45, 7) is 0.305. The highest BCUT2D eigenvalue weighted by Crippen LogP contribution is 2.32. The minimum atomic E-state index is -0.462. The third kappa shape index (κ3) is 3.65. The first kappa shape index (κ1) is 19.7. The Morgan fingerprint density at radius 2 is 1.34 bits per heavy atom.